The van der Waals surface area contributed by atoms with Crippen LogP contribution in [0.25, 0.3) is 0 Å². The predicted molar refractivity (Wildman–Crippen MR) is 71.5 cm³/mol. The van der Waals surface area contributed by atoms with Crippen molar-refractivity contribution in [3.8, 4) is 0 Å². The second-order valence-electron chi connectivity index (χ2n) is 4.34. The fourth-order valence-electron chi connectivity index (χ4n) is 1.78. The first-order valence-electron chi connectivity index (χ1n) is 6.24. The maximum Gasteiger partial charge on any atom is 0.173 e. The Bertz CT molecular complexity index is 438. The van der Waals surface area contributed by atoms with Gasteiger partial charge in [-0.15, -0.1) is 0 Å². The van der Waals surface area contributed by atoms with Crippen molar-refractivity contribution in [2.24, 2.45) is 10.9 Å². The van der Waals surface area contributed by atoms with E-state index in [0.29, 0.717) is 18.5 Å². The Morgan fingerprint density at radius 1 is 1.53 bits per heavy atom. The van der Waals surface area contributed by atoms with Crippen LogP contribution in [0.3, 0.4) is 0 Å². The topological polar surface area (TPSA) is 90.9 Å². The number of nitrogens with two attached hydrogens (primary N) is 1. The van der Waals surface area contributed by atoms with E-state index in [2.05, 4.69) is 10.5 Å². The number of rotatable bonds is 7. The van der Waals surface area contributed by atoms with E-state index in [9.17, 15) is 9.50 Å². The third-order valence-corrected chi connectivity index (χ3v) is 2.78. The third-order valence-electron chi connectivity index (χ3n) is 2.78. The molecule has 0 bridgehead atoms. The van der Waals surface area contributed by atoms with Gasteiger partial charge in [0.05, 0.1) is 11.7 Å². The number of nitrogens with zero attached hydrogens (tertiary/aromatic N) is 1. The summed E-state index contributed by atoms with van der Waals surface area (Å²) in [6, 6.07) is 4.69. The number of nitrogens with one attached hydrogen (secondary N) is 1. The zero-order valence-corrected chi connectivity index (χ0v) is 10.9. The molecule has 0 heterocycles. The van der Waals surface area contributed by atoms with Crippen molar-refractivity contribution in [3.05, 3.63) is 35.1 Å². The number of oxime groups is 1. The Labute approximate surface area is 111 Å². The van der Waals surface area contributed by atoms with E-state index in [0.717, 1.165) is 6.42 Å². The number of aliphatic hydroxyl groups excluding tert-OH is 1. The van der Waals surface area contributed by atoms with Crippen molar-refractivity contribution in [2.45, 2.75) is 32.4 Å². The Kier molecular flexibility index (Phi) is 6.24. The summed E-state index contributed by atoms with van der Waals surface area (Å²) >= 11 is 0. The van der Waals surface area contributed by atoms with Crippen LogP contribution in [0, 0.1) is 5.82 Å². The summed E-state index contributed by atoms with van der Waals surface area (Å²) in [4.78, 5) is 0. The molecule has 0 aliphatic heterocycles. The zero-order valence-electron chi connectivity index (χ0n) is 10.9. The average Bonchev–Trinajstić information content (AvgIpc) is 2.40. The largest absolute Gasteiger partial charge is 0.409 e. The van der Waals surface area contributed by atoms with Gasteiger partial charge in [0.25, 0.3) is 0 Å². The summed E-state index contributed by atoms with van der Waals surface area (Å²) in [5, 5.41) is 23.9. The fourth-order valence-corrected chi connectivity index (χ4v) is 1.78. The van der Waals surface area contributed by atoms with E-state index in [1.807, 2.05) is 6.92 Å². The zero-order chi connectivity index (χ0) is 14.3. The summed E-state index contributed by atoms with van der Waals surface area (Å²) in [6.45, 7) is 2.67. The van der Waals surface area contributed by atoms with E-state index in [1.165, 1.54) is 6.07 Å². The van der Waals surface area contributed by atoms with Gasteiger partial charge in [-0.25, -0.2) is 4.39 Å². The van der Waals surface area contributed by atoms with Gasteiger partial charge in [0, 0.05) is 18.7 Å². The first-order valence-corrected chi connectivity index (χ1v) is 6.24. The highest BCUT2D eigenvalue weighted by atomic mass is 19.1. The molecule has 106 valence electrons. The van der Waals surface area contributed by atoms with Crippen LogP contribution < -0.4 is 11.1 Å². The van der Waals surface area contributed by atoms with Crippen LogP contribution in [0.4, 0.5) is 4.39 Å². The van der Waals surface area contributed by atoms with E-state index in [4.69, 9.17) is 10.9 Å². The highest BCUT2D eigenvalue weighted by molar-refractivity contribution is 5.97. The van der Waals surface area contributed by atoms with Gasteiger partial charge in [0.15, 0.2) is 5.84 Å². The van der Waals surface area contributed by atoms with Crippen LogP contribution in [0.2, 0.25) is 0 Å². The lowest BCUT2D eigenvalue weighted by molar-refractivity contribution is 0.160. The standard InChI is InChI=1S/C13H20FN3O2/c1-2-4-10(18)8-16-7-9-5-3-6-11(12(9)14)13(15)17-19/h3,5-6,10,16,18-19H,2,4,7-8H2,1H3,(H2,15,17). The molecule has 19 heavy (non-hydrogen) atoms. The third kappa shape index (κ3) is 4.50. The molecule has 0 radical (unpaired) electrons. The van der Waals surface area contributed by atoms with E-state index < -0.39 is 11.9 Å². The van der Waals surface area contributed by atoms with Crippen LogP contribution >= 0.6 is 0 Å². The van der Waals surface area contributed by atoms with Crippen molar-refractivity contribution in [2.75, 3.05) is 6.54 Å². The fraction of sp³-hybridized carbons (Fsp3) is 0.462. The molecule has 5 nitrogen and oxygen atoms in total. The average molecular weight is 269 g/mol. The van der Waals surface area contributed by atoms with Crippen LogP contribution in [0.1, 0.15) is 30.9 Å². The molecule has 5 N–H and O–H groups in total. The maximum atomic E-state index is 14.0. The summed E-state index contributed by atoms with van der Waals surface area (Å²) in [6.07, 6.45) is 1.18. The summed E-state index contributed by atoms with van der Waals surface area (Å²) < 4.78 is 14.0. The molecule has 0 spiro atoms. The Morgan fingerprint density at radius 2 is 2.26 bits per heavy atom. The number of hydrogen-bond donors (Lipinski definition) is 4. The van der Waals surface area contributed by atoms with Crippen LogP contribution in [-0.2, 0) is 6.54 Å². The lowest BCUT2D eigenvalue weighted by Crippen LogP contribution is -2.27. The van der Waals surface area contributed by atoms with Crippen LogP contribution in [0.15, 0.2) is 23.4 Å². The Hall–Kier alpha value is -1.66. The first kappa shape index (κ1) is 15.4. The number of amidine groups is 1. The quantitative estimate of drug-likeness (QED) is 0.259. The van der Waals surface area contributed by atoms with Gasteiger partial charge in [0.2, 0.25) is 0 Å². The predicted octanol–water partition coefficient (Wildman–Crippen LogP) is 1.17. The molecular formula is C13H20FN3O2. The van der Waals surface area contributed by atoms with Crippen molar-refractivity contribution in [1.29, 1.82) is 0 Å². The minimum Gasteiger partial charge on any atom is -0.409 e. The van der Waals surface area contributed by atoms with Gasteiger partial charge < -0.3 is 21.4 Å². The number of halogens is 1. The molecule has 0 amide bonds. The summed E-state index contributed by atoms with van der Waals surface area (Å²) in [5.74, 6) is -0.777. The minimum atomic E-state index is -0.518. The second kappa shape index (κ2) is 7.70. The lowest BCUT2D eigenvalue weighted by Gasteiger charge is -2.12. The number of aliphatic hydroxyl groups is 1. The molecule has 1 unspecified atom stereocenters. The molecule has 0 aliphatic carbocycles. The van der Waals surface area contributed by atoms with Crippen molar-refractivity contribution in [3.63, 3.8) is 0 Å². The van der Waals surface area contributed by atoms with Gasteiger partial charge in [-0.1, -0.05) is 30.6 Å². The summed E-state index contributed by atoms with van der Waals surface area (Å²) in [7, 11) is 0. The van der Waals surface area contributed by atoms with Crippen molar-refractivity contribution in [1.82, 2.24) is 5.32 Å². The number of hydrogen-bond acceptors (Lipinski definition) is 4. The molecule has 1 atom stereocenters. The van der Waals surface area contributed by atoms with Gasteiger partial charge in [0.1, 0.15) is 5.82 Å². The molecule has 0 aliphatic rings. The van der Waals surface area contributed by atoms with Gasteiger partial charge in [-0.2, -0.15) is 0 Å². The lowest BCUT2D eigenvalue weighted by atomic mass is 10.1. The van der Waals surface area contributed by atoms with Crippen LogP contribution in [-0.4, -0.2) is 28.8 Å². The van der Waals surface area contributed by atoms with Crippen LogP contribution in [0.5, 0.6) is 0 Å². The van der Waals surface area contributed by atoms with Crippen molar-refractivity contribution < 1.29 is 14.7 Å². The molecule has 1 aromatic carbocycles. The smallest absolute Gasteiger partial charge is 0.173 e. The molecular weight excluding hydrogens is 249 g/mol. The molecule has 0 saturated heterocycles. The SMILES string of the molecule is CCCC(O)CNCc1cccc(/C(N)=N/O)c1F. The highest BCUT2D eigenvalue weighted by Gasteiger charge is 2.11. The molecule has 0 aromatic heterocycles. The van der Waals surface area contributed by atoms with Gasteiger partial charge in [-0.3, -0.25) is 0 Å². The molecule has 1 rings (SSSR count). The van der Waals surface area contributed by atoms with E-state index in [-0.39, 0.29) is 17.9 Å². The maximum absolute atomic E-state index is 14.0. The second-order valence-corrected chi connectivity index (χ2v) is 4.34. The monoisotopic (exact) mass is 269 g/mol. The van der Waals surface area contributed by atoms with E-state index >= 15 is 0 Å². The first-order chi connectivity index (χ1) is 9.10. The summed E-state index contributed by atoms with van der Waals surface area (Å²) in [5.41, 5.74) is 5.86. The van der Waals surface area contributed by atoms with Crippen molar-refractivity contribution >= 4 is 5.84 Å². The number of benzene rings is 1. The molecule has 1 aromatic rings. The molecule has 0 fully saturated rings. The van der Waals surface area contributed by atoms with E-state index in [1.54, 1.807) is 12.1 Å². The molecule has 0 saturated carbocycles. The highest BCUT2D eigenvalue weighted by Crippen LogP contribution is 2.12. The normalized spacial score (nSPS) is 13.5. The minimum absolute atomic E-state index is 0.0657. The van der Waals surface area contributed by atoms with Gasteiger partial charge in [-0.05, 0) is 12.5 Å². The Balaban J connectivity index is 2.64. The molecule has 6 heteroatoms. The Morgan fingerprint density at radius 3 is 2.89 bits per heavy atom. The van der Waals surface area contributed by atoms with Gasteiger partial charge >= 0.3 is 0 Å².